The van der Waals surface area contributed by atoms with Gasteiger partial charge in [0.15, 0.2) is 0 Å². The van der Waals surface area contributed by atoms with Gasteiger partial charge >= 0.3 is 0 Å². The lowest BCUT2D eigenvalue weighted by molar-refractivity contribution is 0.733. The molecular formula is C16H20ClNS. The molecule has 0 amide bonds. The van der Waals surface area contributed by atoms with Crippen LogP contribution >= 0.6 is 22.9 Å². The monoisotopic (exact) mass is 293 g/mol. The zero-order chi connectivity index (χ0) is 13.8. The lowest BCUT2D eigenvalue weighted by Crippen LogP contribution is -2.05. The number of anilines is 1. The minimum absolute atomic E-state index is 0.276. The van der Waals surface area contributed by atoms with Crippen LogP contribution in [0.25, 0.3) is 0 Å². The van der Waals surface area contributed by atoms with Crippen LogP contribution in [0.2, 0.25) is 4.34 Å². The highest BCUT2D eigenvalue weighted by Gasteiger charge is 2.08. The van der Waals surface area contributed by atoms with Gasteiger partial charge in [-0.3, -0.25) is 0 Å². The molecule has 1 N–H and O–H groups in total. The van der Waals surface area contributed by atoms with Crippen LogP contribution in [-0.2, 0) is 0 Å². The van der Waals surface area contributed by atoms with Crippen molar-refractivity contribution in [1.82, 2.24) is 0 Å². The van der Waals surface area contributed by atoms with E-state index < -0.39 is 0 Å². The van der Waals surface area contributed by atoms with Crippen molar-refractivity contribution in [1.29, 1.82) is 0 Å². The minimum atomic E-state index is 0.276. The molecule has 0 saturated carbocycles. The summed E-state index contributed by atoms with van der Waals surface area (Å²) in [6, 6.07) is 11.0. The lowest BCUT2D eigenvalue weighted by atomic mass is 9.98. The SMILES string of the molecule is CCC(C)c1ccc(NC(C)c2csc(Cl)c2)cc1. The third-order valence-corrected chi connectivity index (χ3v) is 4.67. The highest BCUT2D eigenvalue weighted by atomic mass is 35.5. The summed E-state index contributed by atoms with van der Waals surface area (Å²) >= 11 is 7.55. The maximum Gasteiger partial charge on any atom is 0.0931 e. The Morgan fingerprint density at radius 2 is 1.84 bits per heavy atom. The fourth-order valence-electron chi connectivity index (χ4n) is 2.03. The van der Waals surface area contributed by atoms with Crippen LogP contribution in [0.5, 0.6) is 0 Å². The summed E-state index contributed by atoms with van der Waals surface area (Å²) in [5.41, 5.74) is 3.79. The van der Waals surface area contributed by atoms with E-state index in [9.17, 15) is 0 Å². The van der Waals surface area contributed by atoms with E-state index in [1.807, 2.05) is 6.07 Å². The van der Waals surface area contributed by atoms with Crippen LogP contribution in [0.15, 0.2) is 35.7 Å². The molecule has 0 radical (unpaired) electrons. The Hall–Kier alpha value is -0.990. The van der Waals surface area contributed by atoms with Crippen LogP contribution < -0.4 is 5.32 Å². The van der Waals surface area contributed by atoms with Gasteiger partial charge in [-0.1, -0.05) is 37.6 Å². The predicted octanol–water partition coefficient (Wildman–Crippen LogP) is 6.09. The van der Waals surface area contributed by atoms with Crippen LogP contribution in [0.4, 0.5) is 5.69 Å². The number of nitrogens with one attached hydrogen (secondary N) is 1. The van der Waals surface area contributed by atoms with Crippen molar-refractivity contribution < 1.29 is 0 Å². The van der Waals surface area contributed by atoms with Crippen LogP contribution in [0, 0.1) is 0 Å². The topological polar surface area (TPSA) is 12.0 Å². The van der Waals surface area contributed by atoms with E-state index >= 15 is 0 Å². The highest BCUT2D eigenvalue weighted by Crippen LogP contribution is 2.27. The Labute approximate surface area is 124 Å². The van der Waals surface area contributed by atoms with Crippen LogP contribution in [0.3, 0.4) is 0 Å². The minimum Gasteiger partial charge on any atom is -0.378 e. The van der Waals surface area contributed by atoms with Gasteiger partial charge < -0.3 is 5.32 Å². The number of rotatable bonds is 5. The second-order valence-electron chi connectivity index (χ2n) is 4.98. The van der Waals surface area contributed by atoms with Crippen LogP contribution in [-0.4, -0.2) is 0 Å². The molecule has 2 rings (SSSR count). The average Bonchev–Trinajstić information content (AvgIpc) is 2.85. The van der Waals surface area contributed by atoms with Crippen molar-refractivity contribution in [2.24, 2.45) is 0 Å². The van der Waals surface area contributed by atoms with E-state index in [-0.39, 0.29) is 6.04 Å². The van der Waals surface area contributed by atoms with Gasteiger partial charge in [-0.15, -0.1) is 11.3 Å². The van der Waals surface area contributed by atoms with Crippen LogP contribution in [0.1, 0.15) is 50.3 Å². The summed E-state index contributed by atoms with van der Waals surface area (Å²) in [6.45, 7) is 6.64. The standard InChI is InChI=1S/C16H20ClNS/c1-4-11(2)13-5-7-15(8-6-13)18-12(3)14-9-16(17)19-10-14/h5-12,18H,4H2,1-3H3. The molecule has 0 aliphatic carbocycles. The fourth-order valence-corrected chi connectivity index (χ4v) is 3.01. The molecule has 1 heterocycles. The fraction of sp³-hybridized carbons (Fsp3) is 0.375. The quantitative estimate of drug-likeness (QED) is 0.703. The Morgan fingerprint density at radius 3 is 2.37 bits per heavy atom. The molecule has 0 spiro atoms. The second-order valence-corrected chi connectivity index (χ2v) is 6.52. The van der Waals surface area contributed by atoms with E-state index in [2.05, 4.69) is 55.7 Å². The van der Waals surface area contributed by atoms with Crippen molar-refractivity contribution in [3.63, 3.8) is 0 Å². The summed E-state index contributed by atoms with van der Waals surface area (Å²) < 4.78 is 0.843. The first kappa shape index (κ1) is 14.4. The molecule has 19 heavy (non-hydrogen) atoms. The van der Waals surface area contributed by atoms with Crippen molar-refractivity contribution in [3.05, 3.63) is 51.2 Å². The largest absolute Gasteiger partial charge is 0.378 e. The molecule has 2 unspecified atom stereocenters. The third kappa shape index (κ3) is 3.74. The Balaban J connectivity index is 2.03. The molecule has 3 heteroatoms. The molecule has 0 saturated heterocycles. The molecule has 1 aromatic carbocycles. The number of thiophene rings is 1. The molecule has 1 nitrogen and oxygen atoms in total. The van der Waals surface area contributed by atoms with E-state index in [1.165, 1.54) is 17.5 Å². The molecule has 2 aromatic rings. The van der Waals surface area contributed by atoms with Gasteiger partial charge in [0.1, 0.15) is 0 Å². The average molecular weight is 294 g/mol. The summed E-state index contributed by atoms with van der Waals surface area (Å²) in [4.78, 5) is 0. The van der Waals surface area contributed by atoms with Gasteiger partial charge in [0, 0.05) is 11.7 Å². The van der Waals surface area contributed by atoms with E-state index in [0.717, 1.165) is 10.0 Å². The summed E-state index contributed by atoms with van der Waals surface area (Å²) in [7, 11) is 0. The number of halogens is 1. The lowest BCUT2D eigenvalue weighted by Gasteiger charge is -2.15. The smallest absolute Gasteiger partial charge is 0.0931 e. The molecular weight excluding hydrogens is 274 g/mol. The van der Waals surface area contributed by atoms with Crippen molar-refractivity contribution in [2.75, 3.05) is 5.32 Å². The second kappa shape index (κ2) is 6.44. The van der Waals surface area contributed by atoms with Gasteiger partial charge in [0.2, 0.25) is 0 Å². The summed E-state index contributed by atoms with van der Waals surface area (Å²) in [5, 5.41) is 5.61. The van der Waals surface area contributed by atoms with Crippen molar-refractivity contribution in [3.8, 4) is 0 Å². The third-order valence-electron chi connectivity index (χ3n) is 3.56. The van der Waals surface area contributed by atoms with Gasteiger partial charge in [-0.25, -0.2) is 0 Å². The molecule has 2 atom stereocenters. The maximum absolute atomic E-state index is 5.97. The molecule has 0 aliphatic heterocycles. The van der Waals surface area contributed by atoms with E-state index in [0.29, 0.717) is 5.92 Å². The molecule has 0 aliphatic rings. The Kier molecular flexibility index (Phi) is 4.89. The van der Waals surface area contributed by atoms with Gasteiger partial charge in [0.05, 0.1) is 4.34 Å². The van der Waals surface area contributed by atoms with Gasteiger partial charge in [-0.05, 0) is 54.0 Å². The molecule has 102 valence electrons. The first-order valence-corrected chi connectivity index (χ1v) is 7.96. The number of hydrogen-bond acceptors (Lipinski definition) is 2. The van der Waals surface area contributed by atoms with E-state index in [4.69, 9.17) is 11.6 Å². The molecule has 0 bridgehead atoms. The molecule has 1 aromatic heterocycles. The van der Waals surface area contributed by atoms with Crippen molar-refractivity contribution in [2.45, 2.75) is 39.2 Å². The Morgan fingerprint density at radius 1 is 1.16 bits per heavy atom. The zero-order valence-electron chi connectivity index (χ0n) is 11.6. The summed E-state index contributed by atoms with van der Waals surface area (Å²) in [5.74, 6) is 0.627. The van der Waals surface area contributed by atoms with Gasteiger partial charge in [-0.2, -0.15) is 0 Å². The molecule has 0 fully saturated rings. The predicted molar refractivity (Wildman–Crippen MR) is 86.5 cm³/mol. The zero-order valence-corrected chi connectivity index (χ0v) is 13.2. The highest BCUT2D eigenvalue weighted by molar-refractivity contribution is 7.14. The number of benzene rings is 1. The normalized spacial score (nSPS) is 14.1. The van der Waals surface area contributed by atoms with E-state index in [1.54, 1.807) is 11.3 Å². The maximum atomic E-state index is 5.97. The first-order valence-electron chi connectivity index (χ1n) is 6.70. The Bertz CT molecular complexity index is 518. The number of hydrogen-bond donors (Lipinski definition) is 1. The first-order chi connectivity index (χ1) is 9.10. The summed E-state index contributed by atoms with van der Waals surface area (Å²) in [6.07, 6.45) is 1.18. The van der Waals surface area contributed by atoms with Gasteiger partial charge in [0.25, 0.3) is 0 Å². The van der Waals surface area contributed by atoms with Crippen molar-refractivity contribution >= 4 is 28.6 Å².